The molecule has 1 heterocycles. The summed E-state index contributed by atoms with van der Waals surface area (Å²) in [5.41, 5.74) is -1.64. The molecule has 3 amide bonds. The van der Waals surface area contributed by atoms with Gasteiger partial charge < -0.3 is 34.7 Å². The van der Waals surface area contributed by atoms with E-state index in [0.717, 1.165) is 17.7 Å². The Morgan fingerprint density at radius 3 is 2.33 bits per heavy atom. The maximum atomic E-state index is 14.7. The number of imidazole rings is 1. The van der Waals surface area contributed by atoms with Crippen LogP contribution >= 0.6 is 0 Å². The number of aromatic nitrogens is 2. The van der Waals surface area contributed by atoms with Gasteiger partial charge in [0.15, 0.2) is 11.9 Å². The van der Waals surface area contributed by atoms with E-state index < -0.39 is 58.7 Å². The number of nitrogens with one attached hydrogen (secondary N) is 3. The molecule has 0 saturated carbocycles. The summed E-state index contributed by atoms with van der Waals surface area (Å²) in [7, 11) is 0. The van der Waals surface area contributed by atoms with Crippen molar-refractivity contribution < 1.29 is 42.2 Å². The van der Waals surface area contributed by atoms with Gasteiger partial charge in [-0.25, -0.2) is 23.4 Å². The highest BCUT2D eigenvalue weighted by molar-refractivity contribution is 5.98. The Labute approximate surface area is 265 Å². The third kappa shape index (κ3) is 10.4. The van der Waals surface area contributed by atoms with E-state index >= 15 is 0 Å². The van der Waals surface area contributed by atoms with E-state index in [-0.39, 0.29) is 31.2 Å². The molecule has 0 saturated heterocycles. The fraction of sp³-hybridized carbons (Fsp3) is 0.406. The number of nitrogens with zero attached hydrogens (tertiary/aromatic N) is 2. The molecule has 3 rings (SSSR count). The van der Waals surface area contributed by atoms with Crippen molar-refractivity contribution in [2.75, 3.05) is 18.5 Å². The molecular formula is C32H39F2N5O7. The van der Waals surface area contributed by atoms with Crippen LogP contribution in [0.5, 0.6) is 0 Å². The molecule has 0 aliphatic rings. The van der Waals surface area contributed by atoms with Crippen LogP contribution in [0, 0.1) is 11.6 Å². The topological polar surface area (TPSA) is 150 Å². The quantitative estimate of drug-likeness (QED) is 0.234. The van der Waals surface area contributed by atoms with Crippen LogP contribution in [0.1, 0.15) is 58.7 Å². The van der Waals surface area contributed by atoms with E-state index in [1.807, 2.05) is 30.3 Å². The molecule has 0 aliphatic heterocycles. The molecule has 2 aromatic carbocycles. The average Bonchev–Trinajstić information content (AvgIpc) is 3.40. The lowest BCUT2D eigenvalue weighted by Crippen LogP contribution is -2.59. The lowest BCUT2D eigenvalue weighted by molar-refractivity contribution is -0.145. The van der Waals surface area contributed by atoms with Crippen LogP contribution in [0.25, 0.3) is 0 Å². The van der Waals surface area contributed by atoms with Gasteiger partial charge >= 0.3 is 12.1 Å². The maximum Gasteiger partial charge on any atom is 0.408 e. The molecule has 3 N–H and O–H groups in total. The van der Waals surface area contributed by atoms with Crippen LogP contribution in [-0.2, 0) is 35.2 Å². The summed E-state index contributed by atoms with van der Waals surface area (Å²) < 4.78 is 45.6. The predicted octanol–water partition coefficient (Wildman–Crippen LogP) is 4.26. The summed E-state index contributed by atoms with van der Waals surface area (Å²) in [5.74, 6) is -4.12. The Morgan fingerprint density at radius 2 is 1.70 bits per heavy atom. The summed E-state index contributed by atoms with van der Waals surface area (Å²) in [5, 5.41) is 7.64. The monoisotopic (exact) mass is 643 g/mol. The van der Waals surface area contributed by atoms with Gasteiger partial charge in [-0.3, -0.25) is 9.59 Å². The number of ether oxygens (including phenoxy) is 3. The van der Waals surface area contributed by atoms with Crippen molar-refractivity contribution >= 4 is 29.7 Å². The summed E-state index contributed by atoms with van der Waals surface area (Å²) in [4.78, 5) is 56.0. The first kappa shape index (κ1) is 35.6. The second kappa shape index (κ2) is 15.4. The summed E-state index contributed by atoms with van der Waals surface area (Å²) in [6.07, 6.45) is 1.61. The van der Waals surface area contributed by atoms with Crippen molar-refractivity contribution in [1.29, 1.82) is 0 Å². The Bertz CT molecular complexity index is 1520. The number of benzene rings is 2. The van der Waals surface area contributed by atoms with Crippen molar-refractivity contribution in [2.45, 2.75) is 71.4 Å². The number of halogens is 2. The van der Waals surface area contributed by atoms with Gasteiger partial charge in [-0.2, -0.15) is 0 Å². The van der Waals surface area contributed by atoms with Crippen LogP contribution < -0.4 is 16.0 Å². The lowest BCUT2D eigenvalue weighted by Gasteiger charge is -2.29. The second-order valence-corrected chi connectivity index (χ2v) is 11.8. The van der Waals surface area contributed by atoms with Crippen molar-refractivity contribution in [3.63, 3.8) is 0 Å². The van der Waals surface area contributed by atoms with Gasteiger partial charge in [0.25, 0.3) is 5.91 Å². The first-order chi connectivity index (χ1) is 21.6. The van der Waals surface area contributed by atoms with Crippen LogP contribution in [0.3, 0.4) is 0 Å². The van der Waals surface area contributed by atoms with Gasteiger partial charge in [-0.15, -0.1) is 0 Å². The molecule has 0 fully saturated rings. The van der Waals surface area contributed by atoms with E-state index in [0.29, 0.717) is 6.07 Å². The molecule has 14 heteroatoms. The van der Waals surface area contributed by atoms with Gasteiger partial charge in [0.05, 0.1) is 26.1 Å². The van der Waals surface area contributed by atoms with Gasteiger partial charge in [0.2, 0.25) is 5.91 Å². The Kier molecular flexibility index (Phi) is 12.0. The van der Waals surface area contributed by atoms with Crippen molar-refractivity contribution in [3.05, 3.63) is 83.8 Å². The highest BCUT2D eigenvalue weighted by Crippen LogP contribution is 2.25. The van der Waals surface area contributed by atoms with E-state index in [1.165, 1.54) is 30.9 Å². The standard InChI is InChI=1S/C32H39F2N5O7/c1-7-45-28(41)26(22-14-13-21(33)15-23(22)34)39-16-25(35-19-39)37-27(40)24(18-44-17-20-11-9-8-10-12-20)36-29(42)32(5,6)38-30(43)46-31(2,3)4/h8-16,19,24,26H,7,17-18H2,1-6H3,(H,36,42)(H,37,40)(H,38,43)/t24-,26?/m1/s1. The van der Waals surface area contributed by atoms with E-state index in [9.17, 15) is 28.0 Å². The second-order valence-electron chi connectivity index (χ2n) is 11.8. The molecule has 2 atom stereocenters. The molecule has 46 heavy (non-hydrogen) atoms. The molecule has 3 aromatic rings. The molecule has 12 nitrogen and oxygen atoms in total. The van der Waals surface area contributed by atoms with Crippen molar-refractivity contribution in [3.8, 4) is 0 Å². The smallest absolute Gasteiger partial charge is 0.408 e. The van der Waals surface area contributed by atoms with Gasteiger partial charge in [-0.05, 0) is 53.2 Å². The largest absolute Gasteiger partial charge is 0.464 e. The van der Waals surface area contributed by atoms with Crippen molar-refractivity contribution in [1.82, 2.24) is 20.2 Å². The molecular weight excluding hydrogens is 604 g/mol. The van der Waals surface area contributed by atoms with Gasteiger partial charge in [-0.1, -0.05) is 36.4 Å². The highest BCUT2D eigenvalue weighted by atomic mass is 19.1. The van der Waals surface area contributed by atoms with Crippen LogP contribution in [0.2, 0.25) is 0 Å². The fourth-order valence-corrected chi connectivity index (χ4v) is 4.12. The third-order valence-electron chi connectivity index (χ3n) is 6.32. The Hall–Kier alpha value is -4.85. The first-order valence-electron chi connectivity index (χ1n) is 14.5. The Morgan fingerprint density at radius 1 is 1.00 bits per heavy atom. The number of esters is 1. The maximum absolute atomic E-state index is 14.7. The SMILES string of the molecule is CCOC(=O)C(c1ccc(F)cc1F)n1cnc(NC(=O)[C@@H](COCc2ccccc2)NC(=O)C(C)(C)NC(=O)OC(C)(C)C)c1. The fourth-order valence-electron chi connectivity index (χ4n) is 4.12. The number of alkyl carbamates (subject to hydrolysis) is 1. The summed E-state index contributed by atoms with van der Waals surface area (Å²) in [6, 6.07) is 9.29. The van der Waals surface area contributed by atoms with Crippen LogP contribution in [0.15, 0.2) is 61.1 Å². The summed E-state index contributed by atoms with van der Waals surface area (Å²) in [6.45, 7) is 9.37. The minimum atomic E-state index is -1.49. The number of anilines is 1. The molecule has 1 unspecified atom stereocenters. The van der Waals surface area contributed by atoms with Crippen LogP contribution in [-0.4, -0.2) is 63.8 Å². The number of hydrogen-bond acceptors (Lipinski definition) is 8. The minimum absolute atomic E-state index is 0.0000699. The normalized spacial score (nSPS) is 12.9. The number of carbonyl (C=O) groups excluding carboxylic acids is 4. The molecule has 1 aromatic heterocycles. The van der Waals surface area contributed by atoms with Crippen molar-refractivity contribution in [2.24, 2.45) is 0 Å². The summed E-state index contributed by atoms with van der Waals surface area (Å²) >= 11 is 0. The predicted molar refractivity (Wildman–Crippen MR) is 163 cm³/mol. The highest BCUT2D eigenvalue weighted by Gasteiger charge is 2.35. The Balaban J connectivity index is 1.81. The molecule has 0 spiro atoms. The van der Waals surface area contributed by atoms with E-state index in [4.69, 9.17) is 14.2 Å². The van der Waals surface area contributed by atoms with E-state index in [1.54, 1.807) is 27.7 Å². The number of hydrogen-bond donors (Lipinski definition) is 3. The third-order valence-corrected chi connectivity index (χ3v) is 6.32. The minimum Gasteiger partial charge on any atom is -0.464 e. The molecule has 0 bridgehead atoms. The van der Waals surface area contributed by atoms with Gasteiger partial charge in [0, 0.05) is 17.8 Å². The van der Waals surface area contributed by atoms with E-state index in [2.05, 4.69) is 20.9 Å². The average molecular weight is 644 g/mol. The first-order valence-corrected chi connectivity index (χ1v) is 14.5. The molecule has 248 valence electrons. The number of rotatable bonds is 13. The van der Waals surface area contributed by atoms with Gasteiger partial charge in [0.1, 0.15) is 28.8 Å². The lowest BCUT2D eigenvalue weighted by atomic mass is 10.0. The van der Waals surface area contributed by atoms with Crippen LogP contribution in [0.4, 0.5) is 19.4 Å². The zero-order valence-electron chi connectivity index (χ0n) is 26.6. The zero-order valence-corrected chi connectivity index (χ0v) is 26.6. The number of carbonyl (C=O) groups is 4. The molecule has 0 aliphatic carbocycles. The molecule has 0 radical (unpaired) electrons. The number of amides is 3. The zero-order chi connectivity index (χ0) is 34.1.